The van der Waals surface area contributed by atoms with Crippen molar-refractivity contribution in [1.29, 1.82) is 0 Å². The van der Waals surface area contributed by atoms with Crippen molar-refractivity contribution in [2.75, 3.05) is 20.3 Å². The maximum absolute atomic E-state index is 12.1. The number of carbonyl (C=O) groups is 1. The molecular formula is C17H18ClNO3. The largest absolute Gasteiger partial charge is 0.488 e. The van der Waals surface area contributed by atoms with Gasteiger partial charge in [0, 0.05) is 18.7 Å². The first-order valence-corrected chi connectivity index (χ1v) is 7.32. The number of hydrogen-bond acceptors (Lipinski definition) is 3. The molecule has 1 N–H and O–H groups in total. The van der Waals surface area contributed by atoms with Crippen molar-refractivity contribution in [2.24, 2.45) is 0 Å². The van der Waals surface area contributed by atoms with Gasteiger partial charge in [0.2, 0.25) is 0 Å². The van der Waals surface area contributed by atoms with Crippen LogP contribution < -0.4 is 10.1 Å². The third-order valence-corrected chi connectivity index (χ3v) is 3.28. The van der Waals surface area contributed by atoms with Crippen molar-refractivity contribution in [3.05, 3.63) is 64.7 Å². The monoisotopic (exact) mass is 319 g/mol. The van der Waals surface area contributed by atoms with Crippen LogP contribution in [0, 0.1) is 0 Å². The zero-order valence-electron chi connectivity index (χ0n) is 12.3. The smallest absolute Gasteiger partial charge is 0.255 e. The van der Waals surface area contributed by atoms with Crippen LogP contribution in [0.1, 0.15) is 15.9 Å². The molecule has 2 aromatic carbocycles. The van der Waals surface area contributed by atoms with Gasteiger partial charge < -0.3 is 14.8 Å². The van der Waals surface area contributed by atoms with Gasteiger partial charge in [-0.3, -0.25) is 4.79 Å². The highest BCUT2D eigenvalue weighted by atomic mass is 35.5. The van der Waals surface area contributed by atoms with Gasteiger partial charge in [-0.25, -0.2) is 0 Å². The zero-order valence-corrected chi connectivity index (χ0v) is 13.1. The summed E-state index contributed by atoms with van der Waals surface area (Å²) >= 11 is 5.85. The van der Waals surface area contributed by atoms with E-state index in [1.165, 1.54) is 0 Å². The first kappa shape index (κ1) is 16.3. The van der Waals surface area contributed by atoms with Crippen molar-refractivity contribution in [2.45, 2.75) is 6.61 Å². The Balaban J connectivity index is 2.01. The highest BCUT2D eigenvalue weighted by Crippen LogP contribution is 2.20. The van der Waals surface area contributed by atoms with Crippen LogP contribution in [0.3, 0.4) is 0 Å². The Hall–Kier alpha value is -2.04. The second kappa shape index (κ2) is 8.41. The average molecular weight is 320 g/mol. The maximum atomic E-state index is 12.1. The van der Waals surface area contributed by atoms with Crippen molar-refractivity contribution in [3.8, 4) is 5.75 Å². The Morgan fingerprint density at radius 3 is 2.59 bits per heavy atom. The molecule has 4 nitrogen and oxygen atoms in total. The number of ether oxygens (including phenoxy) is 2. The standard InChI is InChI=1S/C17H18ClNO3/c1-21-11-10-19-17(20)15-4-2-3-5-16(15)22-12-13-6-8-14(18)9-7-13/h2-9H,10-12H2,1H3,(H,19,20). The van der Waals surface area contributed by atoms with Crippen LogP contribution in [0.2, 0.25) is 5.02 Å². The molecule has 0 bridgehead atoms. The van der Waals surface area contributed by atoms with Crippen LogP contribution in [0.4, 0.5) is 0 Å². The Kier molecular flexibility index (Phi) is 6.25. The number of hydrogen-bond donors (Lipinski definition) is 1. The number of methoxy groups -OCH3 is 1. The topological polar surface area (TPSA) is 47.6 Å². The van der Waals surface area contributed by atoms with Gasteiger partial charge in [0.25, 0.3) is 5.91 Å². The van der Waals surface area contributed by atoms with E-state index in [0.717, 1.165) is 5.56 Å². The molecule has 5 heteroatoms. The van der Waals surface area contributed by atoms with Gasteiger partial charge in [0.05, 0.1) is 12.2 Å². The molecule has 0 heterocycles. The molecule has 0 saturated heterocycles. The maximum Gasteiger partial charge on any atom is 0.255 e. The van der Waals surface area contributed by atoms with Gasteiger partial charge in [-0.05, 0) is 29.8 Å². The van der Waals surface area contributed by atoms with Gasteiger partial charge in [0.15, 0.2) is 0 Å². The number of rotatable bonds is 7. The number of halogens is 1. The predicted molar refractivity (Wildman–Crippen MR) is 86.4 cm³/mol. The Morgan fingerprint density at radius 1 is 1.14 bits per heavy atom. The molecule has 2 aromatic rings. The van der Waals surface area contributed by atoms with E-state index < -0.39 is 0 Å². The molecule has 0 atom stereocenters. The van der Waals surface area contributed by atoms with Gasteiger partial charge in [-0.15, -0.1) is 0 Å². The van der Waals surface area contributed by atoms with Crippen LogP contribution in [0.15, 0.2) is 48.5 Å². The molecule has 0 fully saturated rings. The van der Waals surface area contributed by atoms with E-state index in [1.54, 1.807) is 25.3 Å². The minimum Gasteiger partial charge on any atom is -0.488 e. The lowest BCUT2D eigenvalue weighted by molar-refractivity contribution is 0.0932. The molecule has 0 saturated carbocycles. The number of nitrogens with one attached hydrogen (secondary N) is 1. The number of para-hydroxylation sites is 1. The van der Waals surface area contributed by atoms with Crippen LogP contribution in [0.25, 0.3) is 0 Å². The molecule has 0 aliphatic rings. The summed E-state index contributed by atoms with van der Waals surface area (Å²) in [5, 5.41) is 3.47. The third kappa shape index (κ3) is 4.76. The molecule has 0 unspecified atom stereocenters. The minimum absolute atomic E-state index is 0.177. The van der Waals surface area contributed by atoms with E-state index in [1.807, 2.05) is 30.3 Å². The second-order valence-corrected chi connectivity index (χ2v) is 5.10. The third-order valence-electron chi connectivity index (χ3n) is 3.03. The van der Waals surface area contributed by atoms with Gasteiger partial charge in [-0.1, -0.05) is 35.9 Å². The van der Waals surface area contributed by atoms with E-state index >= 15 is 0 Å². The van der Waals surface area contributed by atoms with Crippen LogP contribution in [0.5, 0.6) is 5.75 Å². The van der Waals surface area contributed by atoms with Crippen molar-refractivity contribution in [3.63, 3.8) is 0 Å². The summed E-state index contributed by atoms with van der Waals surface area (Å²) in [5.74, 6) is 0.371. The molecule has 0 aliphatic heterocycles. The fourth-order valence-electron chi connectivity index (χ4n) is 1.88. The second-order valence-electron chi connectivity index (χ2n) is 4.66. The van der Waals surface area contributed by atoms with Crippen molar-refractivity contribution >= 4 is 17.5 Å². The molecule has 2 rings (SSSR count). The molecule has 22 heavy (non-hydrogen) atoms. The highest BCUT2D eigenvalue weighted by Gasteiger charge is 2.11. The Morgan fingerprint density at radius 2 is 1.86 bits per heavy atom. The lowest BCUT2D eigenvalue weighted by atomic mass is 10.2. The predicted octanol–water partition coefficient (Wildman–Crippen LogP) is 3.30. The number of benzene rings is 2. The Labute approximate surface area is 135 Å². The molecule has 0 aliphatic carbocycles. The van der Waals surface area contributed by atoms with E-state index in [2.05, 4.69) is 5.32 Å². The fraction of sp³-hybridized carbons (Fsp3) is 0.235. The first-order valence-electron chi connectivity index (χ1n) is 6.94. The first-order chi connectivity index (χ1) is 10.7. The highest BCUT2D eigenvalue weighted by molar-refractivity contribution is 6.30. The summed E-state index contributed by atoms with van der Waals surface area (Å²) in [5.41, 5.74) is 1.49. The fourth-order valence-corrected chi connectivity index (χ4v) is 2.01. The lowest BCUT2D eigenvalue weighted by Crippen LogP contribution is -2.27. The summed E-state index contributed by atoms with van der Waals surface area (Å²) < 4.78 is 10.7. The minimum atomic E-state index is -0.177. The summed E-state index contributed by atoms with van der Waals surface area (Å²) in [6.07, 6.45) is 0. The average Bonchev–Trinajstić information content (AvgIpc) is 2.55. The molecule has 116 valence electrons. The summed E-state index contributed by atoms with van der Waals surface area (Å²) in [6.45, 7) is 1.31. The molecule has 0 spiro atoms. The van der Waals surface area contributed by atoms with Gasteiger partial charge in [0.1, 0.15) is 12.4 Å². The van der Waals surface area contributed by atoms with Crippen LogP contribution in [-0.2, 0) is 11.3 Å². The van der Waals surface area contributed by atoms with Crippen molar-refractivity contribution in [1.82, 2.24) is 5.32 Å². The zero-order chi connectivity index (χ0) is 15.8. The van der Waals surface area contributed by atoms with Gasteiger partial charge >= 0.3 is 0 Å². The van der Waals surface area contributed by atoms with Gasteiger partial charge in [-0.2, -0.15) is 0 Å². The molecule has 0 aromatic heterocycles. The van der Waals surface area contributed by atoms with Crippen LogP contribution in [-0.4, -0.2) is 26.2 Å². The lowest BCUT2D eigenvalue weighted by Gasteiger charge is -2.11. The quantitative estimate of drug-likeness (QED) is 0.797. The van der Waals surface area contributed by atoms with Crippen molar-refractivity contribution < 1.29 is 14.3 Å². The molecule has 1 amide bonds. The normalized spacial score (nSPS) is 10.3. The summed E-state index contributed by atoms with van der Waals surface area (Å²) in [6, 6.07) is 14.6. The molecular weight excluding hydrogens is 302 g/mol. The van der Waals surface area contributed by atoms with Crippen LogP contribution >= 0.6 is 11.6 Å². The SMILES string of the molecule is COCCNC(=O)c1ccccc1OCc1ccc(Cl)cc1. The number of carbonyl (C=O) groups excluding carboxylic acids is 1. The summed E-state index contributed by atoms with van der Waals surface area (Å²) in [4.78, 5) is 12.1. The Bertz CT molecular complexity index is 614. The number of amides is 1. The van der Waals surface area contributed by atoms with E-state index in [4.69, 9.17) is 21.1 Å². The summed E-state index contributed by atoms with van der Waals surface area (Å²) in [7, 11) is 1.59. The van der Waals surface area contributed by atoms with E-state index in [9.17, 15) is 4.79 Å². The molecule has 0 radical (unpaired) electrons. The van der Waals surface area contributed by atoms with E-state index in [-0.39, 0.29) is 5.91 Å². The van der Waals surface area contributed by atoms with E-state index in [0.29, 0.717) is 36.1 Å².